The van der Waals surface area contributed by atoms with Crippen LogP contribution in [0.1, 0.15) is 41.5 Å². The van der Waals surface area contributed by atoms with Crippen molar-refractivity contribution in [3.8, 4) is 0 Å². The summed E-state index contributed by atoms with van der Waals surface area (Å²) < 4.78 is 0. The lowest BCUT2D eigenvalue weighted by Crippen LogP contribution is -2.48. The Morgan fingerprint density at radius 3 is 2.58 bits per heavy atom. The van der Waals surface area contributed by atoms with Crippen LogP contribution in [0.5, 0.6) is 0 Å². The van der Waals surface area contributed by atoms with E-state index in [-0.39, 0.29) is 22.9 Å². The molecule has 2 rings (SSSR count). The molecule has 2 heterocycles. The Kier molecular flexibility index (Phi) is 6.09. The molecule has 2 aliphatic heterocycles. The van der Waals surface area contributed by atoms with Crippen molar-refractivity contribution < 1.29 is 10.0 Å². The predicted molar refractivity (Wildman–Crippen MR) is 105 cm³/mol. The third kappa shape index (κ3) is 5.29. The third-order valence-electron chi connectivity index (χ3n) is 4.41. The van der Waals surface area contributed by atoms with Gasteiger partial charge < -0.3 is 10.2 Å². The van der Waals surface area contributed by atoms with Gasteiger partial charge in [0.1, 0.15) is 5.84 Å². The quantitative estimate of drug-likeness (QED) is 0.400. The molecule has 0 saturated carbocycles. The molecule has 0 aromatic heterocycles. The monoisotopic (exact) mass is 360 g/mol. The molecule has 6 nitrogen and oxygen atoms in total. The van der Waals surface area contributed by atoms with Crippen molar-refractivity contribution >= 4 is 11.7 Å². The van der Waals surface area contributed by atoms with E-state index in [0.29, 0.717) is 0 Å². The topological polar surface area (TPSA) is 77.0 Å². The van der Waals surface area contributed by atoms with Crippen LogP contribution < -0.4 is 10.8 Å². The highest BCUT2D eigenvalue weighted by Crippen LogP contribution is 2.34. The fraction of sp³-hybridized carbons (Fsp3) is 0.600. The van der Waals surface area contributed by atoms with Crippen molar-refractivity contribution in [1.82, 2.24) is 15.7 Å². The van der Waals surface area contributed by atoms with Gasteiger partial charge in [-0.25, -0.2) is 5.48 Å². The van der Waals surface area contributed by atoms with Crippen LogP contribution in [-0.4, -0.2) is 47.0 Å². The Balaban J connectivity index is 2.16. The second kappa shape index (κ2) is 7.76. The van der Waals surface area contributed by atoms with Crippen LogP contribution >= 0.6 is 0 Å². The van der Waals surface area contributed by atoms with Gasteiger partial charge in [0.05, 0.1) is 12.1 Å². The van der Waals surface area contributed by atoms with E-state index in [1.165, 1.54) is 6.08 Å². The summed E-state index contributed by atoms with van der Waals surface area (Å²) in [6.07, 6.45) is 8.93. The summed E-state index contributed by atoms with van der Waals surface area (Å²) in [5.74, 6) is 0.367. The summed E-state index contributed by atoms with van der Waals surface area (Å²) in [6.45, 7) is 15.1. The van der Waals surface area contributed by atoms with Gasteiger partial charge in [-0.05, 0) is 34.6 Å². The molecule has 0 aromatic rings. The number of hydrogen-bond donors (Lipinski definition) is 3. The molecule has 0 aromatic carbocycles. The van der Waals surface area contributed by atoms with E-state index in [4.69, 9.17) is 10.2 Å². The predicted octanol–water partition coefficient (Wildman–Crippen LogP) is 2.63. The minimum atomic E-state index is -0.549. The molecule has 144 valence electrons. The molecule has 0 aliphatic carbocycles. The van der Waals surface area contributed by atoms with Crippen molar-refractivity contribution in [3.63, 3.8) is 0 Å². The number of aliphatic imine (C=N–C) groups is 1. The van der Waals surface area contributed by atoms with Gasteiger partial charge >= 0.3 is 0 Å². The van der Waals surface area contributed by atoms with Crippen LogP contribution in [0.15, 0.2) is 41.1 Å². The molecule has 0 spiro atoms. The van der Waals surface area contributed by atoms with Gasteiger partial charge in [0.2, 0.25) is 0 Å². The Hall–Kier alpha value is -1.92. The first-order valence-electron chi connectivity index (χ1n) is 9.10. The molecule has 2 atom stereocenters. The average Bonchev–Trinajstić information content (AvgIpc) is 2.89. The molecular weight excluding hydrogens is 328 g/mol. The lowest BCUT2D eigenvalue weighted by molar-refractivity contribution is -0.124. The maximum Gasteiger partial charge on any atom is 0.267 e. The Bertz CT molecular complexity index is 648. The van der Waals surface area contributed by atoms with Crippen LogP contribution in [0, 0.1) is 10.8 Å². The Morgan fingerprint density at radius 1 is 1.31 bits per heavy atom. The second-order valence-corrected chi connectivity index (χ2v) is 9.23. The fourth-order valence-electron chi connectivity index (χ4n) is 3.17. The van der Waals surface area contributed by atoms with Crippen molar-refractivity contribution in [3.05, 3.63) is 36.1 Å². The zero-order valence-electron chi connectivity index (χ0n) is 16.7. The number of rotatable bonds is 5. The summed E-state index contributed by atoms with van der Waals surface area (Å²) in [7, 11) is 0. The molecule has 6 heteroatoms. The molecule has 0 bridgehead atoms. The van der Waals surface area contributed by atoms with E-state index in [2.05, 4.69) is 51.8 Å². The number of hydroxylamine groups is 1. The lowest BCUT2D eigenvalue weighted by Gasteiger charge is -2.35. The normalized spacial score (nSPS) is 23.1. The molecule has 0 saturated heterocycles. The molecule has 0 radical (unpaired) electrons. The Morgan fingerprint density at radius 2 is 2.00 bits per heavy atom. The van der Waals surface area contributed by atoms with Gasteiger partial charge in [-0.1, -0.05) is 41.5 Å². The van der Waals surface area contributed by atoms with Gasteiger partial charge in [0.15, 0.2) is 0 Å². The first-order valence-corrected chi connectivity index (χ1v) is 9.10. The van der Waals surface area contributed by atoms with Gasteiger partial charge in [0, 0.05) is 25.4 Å². The van der Waals surface area contributed by atoms with E-state index < -0.39 is 5.91 Å². The SMILES string of the molecule is CC(C)(C)CNCC1C(C(C)(C)C)N=C2C=C(/C=C/C(=O)NO)C=CN21. The van der Waals surface area contributed by atoms with Crippen LogP contribution in [0.25, 0.3) is 0 Å². The van der Waals surface area contributed by atoms with E-state index >= 15 is 0 Å². The first kappa shape index (κ1) is 20.4. The number of nitrogens with zero attached hydrogens (tertiary/aromatic N) is 2. The van der Waals surface area contributed by atoms with Crippen LogP contribution in [0.2, 0.25) is 0 Å². The van der Waals surface area contributed by atoms with Crippen LogP contribution in [0.3, 0.4) is 0 Å². The largest absolute Gasteiger partial charge is 0.327 e. The molecule has 2 aliphatic rings. The standard InChI is InChI=1S/C20H32N4O2/c1-19(2,3)13-21-12-15-18(20(4,5)6)22-16-11-14(9-10-24(15)16)7-8-17(25)23-26/h7-11,15,18,21,26H,12-13H2,1-6H3,(H,23,25)/b8-7+. The number of nitrogens with one attached hydrogen (secondary N) is 2. The molecule has 26 heavy (non-hydrogen) atoms. The van der Waals surface area contributed by atoms with Crippen molar-refractivity contribution in [2.75, 3.05) is 13.1 Å². The summed E-state index contributed by atoms with van der Waals surface area (Å²) in [4.78, 5) is 18.4. The minimum Gasteiger partial charge on any atom is -0.327 e. The summed E-state index contributed by atoms with van der Waals surface area (Å²) >= 11 is 0. The number of carbonyl (C=O) groups is 1. The fourth-order valence-corrected chi connectivity index (χ4v) is 3.17. The second-order valence-electron chi connectivity index (χ2n) is 9.23. The van der Waals surface area contributed by atoms with Crippen LogP contribution in [0.4, 0.5) is 0 Å². The average molecular weight is 361 g/mol. The van der Waals surface area contributed by atoms with E-state index in [1.807, 2.05) is 18.4 Å². The highest BCUT2D eigenvalue weighted by Gasteiger charge is 2.41. The lowest BCUT2D eigenvalue weighted by atomic mass is 9.82. The number of amides is 1. The van der Waals surface area contributed by atoms with E-state index in [1.54, 1.807) is 11.6 Å². The maximum atomic E-state index is 11.2. The van der Waals surface area contributed by atoms with Gasteiger partial charge in [0.25, 0.3) is 5.91 Å². The van der Waals surface area contributed by atoms with Crippen molar-refractivity contribution in [1.29, 1.82) is 0 Å². The zero-order chi connectivity index (χ0) is 19.5. The Labute approximate surface area is 156 Å². The van der Waals surface area contributed by atoms with E-state index in [9.17, 15) is 4.79 Å². The molecular formula is C20H32N4O2. The number of amidine groups is 1. The summed E-state index contributed by atoms with van der Waals surface area (Å²) in [5.41, 5.74) is 2.76. The molecule has 3 N–H and O–H groups in total. The first-order chi connectivity index (χ1) is 12.0. The number of allylic oxidation sites excluding steroid dienone is 3. The van der Waals surface area contributed by atoms with Gasteiger partial charge in [-0.2, -0.15) is 0 Å². The highest BCUT2D eigenvalue weighted by atomic mass is 16.5. The minimum absolute atomic E-state index is 0.0485. The molecule has 1 amide bonds. The summed E-state index contributed by atoms with van der Waals surface area (Å²) in [6, 6.07) is 0.432. The number of carbonyl (C=O) groups excluding carboxylic acids is 1. The third-order valence-corrected chi connectivity index (χ3v) is 4.41. The van der Waals surface area contributed by atoms with Gasteiger partial charge in [-0.15, -0.1) is 0 Å². The summed E-state index contributed by atoms with van der Waals surface area (Å²) in [5, 5.41) is 12.2. The smallest absolute Gasteiger partial charge is 0.267 e. The van der Waals surface area contributed by atoms with Crippen LogP contribution in [-0.2, 0) is 4.79 Å². The van der Waals surface area contributed by atoms with Crippen molar-refractivity contribution in [2.45, 2.75) is 53.6 Å². The maximum absolute atomic E-state index is 11.2. The molecule has 0 fully saturated rings. The zero-order valence-corrected chi connectivity index (χ0v) is 16.7. The number of fused-ring (bicyclic) bond motifs is 1. The molecule has 2 unspecified atom stereocenters. The number of hydrogen-bond acceptors (Lipinski definition) is 5. The van der Waals surface area contributed by atoms with Gasteiger partial charge in [-0.3, -0.25) is 15.0 Å². The highest BCUT2D eigenvalue weighted by molar-refractivity contribution is 5.98. The van der Waals surface area contributed by atoms with E-state index in [0.717, 1.165) is 24.5 Å². The van der Waals surface area contributed by atoms with Crippen molar-refractivity contribution in [2.24, 2.45) is 15.8 Å².